The van der Waals surface area contributed by atoms with E-state index in [4.69, 9.17) is 5.11 Å². The zero-order valence-electron chi connectivity index (χ0n) is 8.90. The molecule has 1 aromatic rings. The van der Waals surface area contributed by atoms with Gasteiger partial charge < -0.3 is 15.0 Å². The van der Waals surface area contributed by atoms with Crippen LogP contribution in [0.15, 0.2) is 6.20 Å². The van der Waals surface area contributed by atoms with Crippen LogP contribution in [0, 0.1) is 0 Å². The Morgan fingerprint density at radius 3 is 2.80 bits per heavy atom. The number of nitrogens with zero attached hydrogens (tertiary/aromatic N) is 2. The summed E-state index contributed by atoms with van der Waals surface area (Å²) in [6.07, 6.45) is 3.70. The van der Waals surface area contributed by atoms with Crippen LogP contribution in [-0.2, 0) is 0 Å². The second-order valence-corrected chi connectivity index (χ2v) is 4.15. The number of rotatable bonds is 4. The molecule has 5 nitrogen and oxygen atoms in total. The van der Waals surface area contributed by atoms with Crippen LogP contribution in [0.25, 0.3) is 0 Å². The van der Waals surface area contributed by atoms with E-state index < -0.39 is 5.97 Å². The number of aromatic carboxylic acids is 1. The summed E-state index contributed by atoms with van der Waals surface area (Å²) in [4.78, 5) is 15.1. The van der Waals surface area contributed by atoms with Crippen molar-refractivity contribution in [2.75, 3.05) is 5.32 Å². The van der Waals surface area contributed by atoms with Gasteiger partial charge in [-0.3, -0.25) is 0 Å². The van der Waals surface area contributed by atoms with Crippen molar-refractivity contribution in [3.8, 4) is 0 Å². The van der Waals surface area contributed by atoms with Gasteiger partial charge in [-0.2, -0.15) is 0 Å². The van der Waals surface area contributed by atoms with Gasteiger partial charge in [0.15, 0.2) is 0 Å². The summed E-state index contributed by atoms with van der Waals surface area (Å²) in [5.74, 6) is -0.259. The SMILES string of the molecule is CC(C)n1c(C(=O)O)cnc1NC1CC1. The van der Waals surface area contributed by atoms with Crippen molar-refractivity contribution in [2.45, 2.75) is 38.8 Å². The van der Waals surface area contributed by atoms with Gasteiger partial charge >= 0.3 is 5.97 Å². The highest BCUT2D eigenvalue weighted by atomic mass is 16.4. The summed E-state index contributed by atoms with van der Waals surface area (Å²) in [7, 11) is 0. The Morgan fingerprint density at radius 2 is 2.33 bits per heavy atom. The molecule has 0 atom stereocenters. The second kappa shape index (κ2) is 3.56. The fraction of sp³-hybridized carbons (Fsp3) is 0.600. The molecule has 2 rings (SSSR count). The molecule has 1 saturated carbocycles. The van der Waals surface area contributed by atoms with Crippen LogP contribution < -0.4 is 5.32 Å². The van der Waals surface area contributed by atoms with Gasteiger partial charge in [-0.1, -0.05) is 0 Å². The lowest BCUT2D eigenvalue weighted by molar-refractivity contribution is 0.0683. The molecule has 1 heterocycles. The maximum Gasteiger partial charge on any atom is 0.354 e. The van der Waals surface area contributed by atoms with Crippen LogP contribution in [0.5, 0.6) is 0 Å². The number of hydrogen-bond acceptors (Lipinski definition) is 3. The lowest BCUT2D eigenvalue weighted by Crippen LogP contribution is -2.15. The Bertz CT molecular complexity index is 380. The first-order valence-electron chi connectivity index (χ1n) is 5.16. The normalized spacial score (nSPS) is 15.7. The molecule has 0 bridgehead atoms. The van der Waals surface area contributed by atoms with Crippen LogP contribution in [0.1, 0.15) is 43.2 Å². The van der Waals surface area contributed by atoms with E-state index in [1.807, 2.05) is 13.8 Å². The fourth-order valence-electron chi connectivity index (χ4n) is 1.56. The first-order chi connectivity index (χ1) is 7.09. The fourth-order valence-corrected chi connectivity index (χ4v) is 1.56. The minimum absolute atomic E-state index is 0.0971. The summed E-state index contributed by atoms with van der Waals surface area (Å²) < 4.78 is 1.72. The van der Waals surface area contributed by atoms with Gasteiger partial charge in [0.1, 0.15) is 5.69 Å². The van der Waals surface area contributed by atoms with Crippen LogP contribution >= 0.6 is 0 Å². The molecule has 82 valence electrons. The van der Waals surface area contributed by atoms with Crippen LogP contribution in [0.4, 0.5) is 5.95 Å². The summed E-state index contributed by atoms with van der Waals surface area (Å²) in [5.41, 5.74) is 0.244. The number of carbonyl (C=O) groups is 1. The zero-order chi connectivity index (χ0) is 11.0. The molecule has 0 aromatic carbocycles. The lowest BCUT2D eigenvalue weighted by atomic mass is 10.3. The van der Waals surface area contributed by atoms with Gasteiger partial charge in [-0.25, -0.2) is 9.78 Å². The molecule has 0 unspecified atom stereocenters. The van der Waals surface area contributed by atoms with Gasteiger partial charge in [0.2, 0.25) is 5.95 Å². The van der Waals surface area contributed by atoms with Crippen molar-refractivity contribution in [2.24, 2.45) is 0 Å². The molecule has 0 spiro atoms. The predicted molar refractivity (Wildman–Crippen MR) is 56.2 cm³/mol. The standard InChI is InChI=1S/C10H15N3O2/c1-6(2)13-8(9(14)15)5-11-10(13)12-7-3-4-7/h5-7H,3-4H2,1-2H3,(H,11,12)(H,14,15). The van der Waals surface area contributed by atoms with E-state index in [0.29, 0.717) is 12.0 Å². The van der Waals surface area contributed by atoms with Crippen molar-refractivity contribution in [1.82, 2.24) is 9.55 Å². The third-order valence-corrected chi connectivity index (χ3v) is 2.44. The summed E-state index contributed by atoms with van der Waals surface area (Å²) in [5, 5.41) is 12.2. The molecule has 15 heavy (non-hydrogen) atoms. The molecule has 0 saturated heterocycles. The van der Waals surface area contributed by atoms with Crippen molar-refractivity contribution < 1.29 is 9.90 Å². The quantitative estimate of drug-likeness (QED) is 0.792. The first kappa shape index (κ1) is 10.0. The highest BCUT2D eigenvalue weighted by Gasteiger charge is 2.25. The smallest absolute Gasteiger partial charge is 0.354 e. The maximum absolute atomic E-state index is 11.0. The summed E-state index contributed by atoms with van der Waals surface area (Å²) in [6, 6.07) is 0.575. The Balaban J connectivity index is 2.31. The van der Waals surface area contributed by atoms with Crippen LogP contribution in [0.2, 0.25) is 0 Å². The van der Waals surface area contributed by atoms with Crippen LogP contribution in [0.3, 0.4) is 0 Å². The highest BCUT2D eigenvalue weighted by molar-refractivity contribution is 5.86. The van der Waals surface area contributed by atoms with E-state index >= 15 is 0 Å². The molecule has 0 radical (unpaired) electrons. The van der Waals surface area contributed by atoms with E-state index in [0.717, 1.165) is 12.8 Å². The molecule has 2 N–H and O–H groups in total. The van der Waals surface area contributed by atoms with Crippen molar-refractivity contribution in [1.29, 1.82) is 0 Å². The van der Waals surface area contributed by atoms with Crippen molar-refractivity contribution in [3.63, 3.8) is 0 Å². The summed E-state index contributed by atoms with van der Waals surface area (Å²) in [6.45, 7) is 3.90. The molecule has 1 aromatic heterocycles. The predicted octanol–water partition coefficient (Wildman–Crippen LogP) is 1.74. The maximum atomic E-state index is 11.0. The Kier molecular flexibility index (Phi) is 2.38. The second-order valence-electron chi connectivity index (χ2n) is 4.15. The molecular formula is C10H15N3O2. The number of imidazole rings is 1. The first-order valence-corrected chi connectivity index (χ1v) is 5.16. The minimum atomic E-state index is -0.931. The number of carboxylic acid groups (broad SMARTS) is 1. The Labute approximate surface area is 88.1 Å². The number of hydrogen-bond donors (Lipinski definition) is 2. The molecule has 1 aliphatic carbocycles. The van der Waals surface area contributed by atoms with Crippen molar-refractivity contribution >= 4 is 11.9 Å². The summed E-state index contributed by atoms with van der Waals surface area (Å²) >= 11 is 0. The van der Waals surface area contributed by atoms with E-state index in [9.17, 15) is 4.79 Å². The van der Waals surface area contributed by atoms with E-state index in [1.54, 1.807) is 4.57 Å². The number of nitrogens with one attached hydrogen (secondary N) is 1. The van der Waals surface area contributed by atoms with Crippen molar-refractivity contribution in [3.05, 3.63) is 11.9 Å². The third-order valence-electron chi connectivity index (χ3n) is 2.44. The van der Waals surface area contributed by atoms with E-state index in [-0.39, 0.29) is 11.7 Å². The molecule has 1 fully saturated rings. The Hall–Kier alpha value is -1.52. The Morgan fingerprint density at radius 1 is 1.67 bits per heavy atom. The van der Waals surface area contributed by atoms with Gasteiger partial charge in [0, 0.05) is 12.1 Å². The average molecular weight is 209 g/mol. The van der Waals surface area contributed by atoms with Gasteiger partial charge in [0.05, 0.1) is 6.20 Å². The van der Waals surface area contributed by atoms with Gasteiger partial charge in [0.25, 0.3) is 0 Å². The van der Waals surface area contributed by atoms with Gasteiger partial charge in [-0.15, -0.1) is 0 Å². The highest BCUT2D eigenvalue weighted by Crippen LogP contribution is 2.26. The number of anilines is 1. The minimum Gasteiger partial charge on any atom is -0.477 e. The number of aromatic nitrogens is 2. The van der Waals surface area contributed by atoms with Gasteiger partial charge in [-0.05, 0) is 26.7 Å². The topological polar surface area (TPSA) is 67.2 Å². The number of carboxylic acids is 1. The van der Waals surface area contributed by atoms with E-state index in [2.05, 4.69) is 10.3 Å². The lowest BCUT2D eigenvalue weighted by Gasteiger charge is -2.14. The van der Waals surface area contributed by atoms with Crippen LogP contribution in [-0.4, -0.2) is 26.7 Å². The molecular weight excluding hydrogens is 194 g/mol. The molecule has 1 aliphatic rings. The van der Waals surface area contributed by atoms with E-state index in [1.165, 1.54) is 6.20 Å². The third kappa shape index (κ3) is 1.95. The zero-order valence-corrected chi connectivity index (χ0v) is 8.90. The monoisotopic (exact) mass is 209 g/mol. The molecule has 0 aliphatic heterocycles. The largest absolute Gasteiger partial charge is 0.477 e. The average Bonchev–Trinajstić information content (AvgIpc) is 2.82. The molecule has 0 amide bonds. The molecule has 5 heteroatoms.